The number of rotatable bonds is 3. The highest BCUT2D eigenvalue weighted by Crippen LogP contribution is 2.58. The molecule has 2 aliphatic rings. The Morgan fingerprint density at radius 2 is 1.96 bits per heavy atom. The molecule has 10 heteroatoms. The molecule has 1 saturated carbocycles. The minimum atomic E-state index is -4.43. The Labute approximate surface area is 156 Å². The molecule has 0 saturated heterocycles. The topological polar surface area (TPSA) is 73.5 Å². The summed E-state index contributed by atoms with van der Waals surface area (Å²) in [5.41, 5.74) is -1.45. The Bertz CT molecular complexity index is 1130. The maximum absolute atomic E-state index is 13.5. The Balaban J connectivity index is 1.56. The van der Waals surface area contributed by atoms with Gasteiger partial charge in [0.25, 0.3) is 5.56 Å². The van der Waals surface area contributed by atoms with E-state index in [0.717, 1.165) is 10.1 Å². The number of benzene rings is 1. The van der Waals surface area contributed by atoms with Gasteiger partial charge in [-0.15, -0.1) is 5.10 Å². The monoisotopic (exact) mass is 391 g/mol. The lowest BCUT2D eigenvalue weighted by Gasteiger charge is -2.17. The largest absolute Gasteiger partial charge is 0.497 e. The first-order valence-electron chi connectivity index (χ1n) is 8.80. The summed E-state index contributed by atoms with van der Waals surface area (Å²) in [7, 11) is 1.57. The van der Waals surface area contributed by atoms with Crippen molar-refractivity contribution in [3.63, 3.8) is 0 Å². The molecule has 0 bridgehead atoms. The SMILES string of the molecule is COc1ccc([C@H]2Cn3c(nn4c(C5(C(F)(F)F)CC5)ncc4c3=O)N2)cc1. The van der Waals surface area contributed by atoms with E-state index >= 15 is 0 Å². The maximum atomic E-state index is 13.5. The lowest BCUT2D eigenvalue weighted by Crippen LogP contribution is -2.32. The van der Waals surface area contributed by atoms with E-state index in [1.165, 1.54) is 10.8 Å². The number of imidazole rings is 1. The van der Waals surface area contributed by atoms with E-state index in [1.54, 1.807) is 7.11 Å². The van der Waals surface area contributed by atoms with Gasteiger partial charge in [-0.1, -0.05) is 12.1 Å². The summed E-state index contributed by atoms with van der Waals surface area (Å²) >= 11 is 0. The average molecular weight is 391 g/mol. The van der Waals surface area contributed by atoms with Gasteiger partial charge in [-0.3, -0.25) is 9.36 Å². The van der Waals surface area contributed by atoms with Crippen LogP contribution in [0.1, 0.15) is 30.3 Å². The molecule has 1 atom stereocenters. The highest BCUT2D eigenvalue weighted by Gasteiger charge is 2.67. The van der Waals surface area contributed by atoms with Crippen molar-refractivity contribution in [2.45, 2.75) is 37.0 Å². The van der Waals surface area contributed by atoms with Gasteiger partial charge in [-0.05, 0) is 30.5 Å². The number of methoxy groups -OCH3 is 1. The van der Waals surface area contributed by atoms with Crippen molar-refractivity contribution < 1.29 is 17.9 Å². The molecule has 2 aromatic heterocycles. The predicted octanol–water partition coefficient (Wildman–Crippen LogP) is 2.66. The number of alkyl halides is 3. The fraction of sp³-hybridized carbons (Fsp3) is 0.389. The third-order valence-electron chi connectivity index (χ3n) is 5.56. The molecule has 1 aliphatic heterocycles. The van der Waals surface area contributed by atoms with Crippen LogP contribution in [0.25, 0.3) is 5.52 Å². The second-order valence-corrected chi connectivity index (χ2v) is 7.17. The summed E-state index contributed by atoms with van der Waals surface area (Å²) in [5, 5.41) is 7.42. The van der Waals surface area contributed by atoms with Crippen molar-refractivity contribution >= 4 is 11.5 Å². The predicted molar refractivity (Wildman–Crippen MR) is 93.6 cm³/mol. The molecule has 3 heterocycles. The normalized spacial score (nSPS) is 20.1. The minimum absolute atomic E-state index is 0.0440. The van der Waals surface area contributed by atoms with E-state index in [2.05, 4.69) is 15.4 Å². The Kier molecular flexibility index (Phi) is 3.35. The van der Waals surface area contributed by atoms with Crippen LogP contribution < -0.4 is 15.6 Å². The van der Waals surface area contributed by atoms with E-state index in [9.17, 15) is 18.0 Å². The third-order valence-corrected chi connectivity index (χ3v) is 5.56. The fourth-order valence-corrected chi connectivity index (χ4v) is 3.75. The van der Waals surface area contributed by atoms with Gasteiger partial charge in [0, 0.05) is 0 Å². The number of nitrogens with one attached hydrogen (secondary N) is 1. The number of ether oxygens (including phenoxy) is 1. The summed E-state index contributed by atoms with van der Waals surface area (Å²) in [6.07, 6.45) is -3.33. The van der Waals surface area contributed by atoms with Crippen molar-refractivity contribution in [2.75, 3.05) is 12.4 Å². The average Bonchev–Trinajstić information content (AvgIpc) is 3.21. The summed E-state index contributed by atoms with van der Waals surface area (Å²) in [4.78, 5) is 16.7. The van der Waals surface area contributed by atoms with Crippen LogP contribution in [-0.4, -0.2) is 32.5 Å². The smallest absolute Gasteiger partial charge is 0.401 e. The zero-order valence-electron chi connectivity index (χ0n) is 14.8. The van der Waals surface area contributed by atoms with Crippen molar-refractivity contribution in [1.82, 2.24) is 19.2 Å². The van der Waals surface area contributed by atoms with Crippen LogP contribution in [0, 0.1) is 0 Å². The Hall–Kier alpha value is -3.04. The van der Waals surface area contributed by atoms with Crippen LogP contribution >= 0.6 is 0 Å². The van der Waals surface area contributed by atoms with Gasteiger partial charge in [-0.25, -0.2) is 9.50 Å². The molecule has 0 radical (unpaired) electrons. The van der Waals surface area contributed by atoms with Gasteiger partial charge in [0.05, 0.1) is 25.9 Å². The number of nitrogens with zero attached hydrogens (tertiary/aromatic N) is 4. The van der Waals surface area contributed by atoms with Gasteiger partial charge in [-0.2, -0.15) is 13.2 Å². The third kappa shape index (κ3) is 2.26. The lowest BCUT2D eigenvalue weighted by molar-refractivity contribution is -0.162. The fourth-order valence-electron chi connectivity index (χ4n) is 3.75. The second kappa shape index (κ2) is 5.49. The molecule has 1 aliphatic carbocycles. The molecule has 5 rings (SSSR count). The molecule has 0 unspecified atom stereocenters. The highest BCUT2D eigenvalue weighted by molar-refractivity contribution is 5.49. The van der Waals surface area contributed by atoms with E-state index in [-0.39, 0.29) is 36.2 Å². The first kappa shape index (κ1) is 17.1. The molecule has 0 spiro atoms. The van der Waals surface area contributed by atoms with Crippen molar-refractivity contribution in [2.24, 2.45) is 0 Å². The van der Waals surface area contributed by atoms with Gasteiger partial charge in [0.15, 0.2) is 5.52 Å². The van der Waals surface area contributed by atoms with E-state index < -0.39 is 17.2 Å². The summed E-state index contributed by atoms with van der Waals surface area (Å²) in [5.74, 6) is 0.724. The molecular formula is C18H16F3N5O2. The summed E-state index contributed by atoms with van der Waals surface area (Å²) in [6.45, 7) is 0.328. The van der Waals surface area contributed by atoms with E-state index in [4.69, 9.17) is 4.74 Å². The zero-order chi connectivity index (χ0) is 19.7. The van der Waals surface area contributed by atoms with E-state index in [1.807, 2.05) is 24.3 Å². The van der Waals surface area contributed by atoms with Crippen LogP contribution in [0.5, 0.6) is 5.75 Å². The second-order valence-electron chi connectivity index (χ2n) is 7.17. The van der Waals surface area contributed by atoms with Gasteiger partial charge in [0.2, 0.25) is 5.95 Å². The van der Waals surface area contributed by atoms with Crippen molar-refractivity contribution in [3.8, 4) is 5.75 Å². The van der Waals surface area contributed by atoms with Crippen LogP contribution in [0.4, 0.5) is 19.1 Å². The number of halogens is 3. The van der Waals surface area contributed by atoms with Crippen molar-refractivity contribution in [1.29, 1.82) is 0 Å². The van der Waals surface area contributed by atoms with Gasteiger partial charge < -0.3 is 10.1 Å². The molecule has 1 aromatic carbocycles. The van der Waals surface area contributed by atoms with Crippen LogP contribution in [0.2, 0.25) is 0 Å². The lowest BCUT2D eigenvalue weighted by atomic mass is 10.1. The molecule has 0 amide bonds. The first-order chi connectivity index (χ1) is 13.3. The van der Waals surface area contributed by atoms with Gasteiger partial charge in [0.1, 0.15) is 17.0 Å². The Morgan fingerprint density at radius 3 is 2.57 bits per heavy atom. The maximum Gasteiger partial charge on any atom is 0.401 e. The standard InChI is InChI=1S/C18H16F3N5O2/c1-28-11-4-2-10(3-5-11)12-9-25-14(27)13-8-22-15(26(13)24-16(25)23-12)17(6-7-17)18(19,20)21/h2-5,8,12H,6-7,9H2,1H3,(H,23,24)/t12-/m1/s1. The molecule has 146 valence electrons. The molecule has 1 N–H and O–H groups in total. The van der Waals surface area contributed by atoms with Crippen molar-refractivity contribution in [3.05, 3.63) is 52.2 Å². The Morgan fingerprint density at radius 1 is 1.25 bits per heavy atom. The minimum Gasteiger partial charge on any atom is -0.497 e. The molecule has 7 nitrogen and oxygen atoms in total. The van der Waals surface area contributed by atoms with Gasteiger partial charge >= 0.3 is 6.18 Å². The molecule has 1 fully saturated rings. The molecular weight excluding hydrogens is 375 g/mol. The van der Waals surface area contributed by atoms with Crippen LogP contribution in [0.3, 0.4) is 0 Å². The summed E-state index contributed by atoms with van der Waals surface area (Å²) in [6, 6.07) is 7.15. The summed E-state index contributed by atoms with van der Waals surface area (Å²) < 4.78 is 48.2. The first-order valence-corrected chi connectivity index (χ1v) is 8.80. The van der Waals surface area contributed by atoms with Crippen LogP contribution in [-0.2, 0) is 12.0 Å². The number of anilines is 1. The number of fused-ring (bicyclic) bond motifs is 2. The van der Waals surface area contributed by atoms with E-state index in [0.29, 0.717) is 12.3 Å². The highest BCUT2D eigenvalue weighted by atomic mass is 19.4. The van der Waals surface area contributed by atoms with Crippen LogP contribution in [0.15, 0.2) is 35.3 Å². The number of hydrogen-bond donors (Lipinski definition) is 1. The zero-order valence-corrected chi connectivity index (χ0v) is 14.8. The number of hydrogen-bond acceptors (Lipinski definition) is 5. The molecule has 3 aromatic rings. The molecule has 28 heavy (non-hydrogen) atoms. The number of aromatic nitrogens is 4. The quantitative estimate of drug-likeness (QED) is 0.743.